The van der Waals surface area contributed by atoms with Gasteiger partial charge in [0.1, 0.15) is 0 Å². The summed E-state index contributed by atoms with van der Waals surface area (Å²) in [5.74, 6) is 1.08. The minimum absolute atomic E-state index is 0.141. The molecule has 6 rings (SSSR count). The number of benzene rings is 1. The predicted molar refractivity (Wildman–Crippen MR) is 108 cm³/mol. The molecule has 2 N–H and O–H groups in total. The van der Waals surface area contributed by atoms with Crippen molar-refractivity contribution in [2.24, 2.45) is 16.7 Å². The van der Waals surface area contributed by atoms with Crippen LogP contribution in [0.3, 0.4) is 0 Å². The second-order valence-corrected chi connectivity index (χ2v) is 10.8. The number of nitrogens with one attached hydrogen (secondary N) is 2. The number of carbonyl (C=O) groups is 1. The first kappa shape index (κ1) is 17.7. The first-order valence-electron chi connectivity index (χ1n) is 11.0. The van der Waals surface area contributed by atoms with Crippen molar-refractivity contribution in [3.8, 4) is 0 Å². The molecule has 146 valence electrons. The van der Waals surface area contributed by atoms with Crippen LogP contribution < -0.4 is 10.6 Å². The van der Waals surface area contributed by atoms with Gasteiger partial charge in [0.05, 0.1) is 5.41 Å². The summed E-state index contributed by atoms with van der Waals surface area (Å²) in [6.45, 7) is 5.71. The molecule has 0 aromatic heterocycles. The van der Waals surface area contributed by atoms with Crippen molar-refractivity contribution in [1.82, 2.24) is 10.6 Å². The van der Waals surface area contributed by atoms with Gasteiger partial charge in [-0.05, 0) is 87.1 Å². The van der Waals surface area contributed by atoms with Crippen LogP contribution in [0.5, 0.6) is 0 Å². The second kappa shape index (κ2) is 6.07. The van der Waals surface area contributed by atoms with Crippen LogP contribution in [0.4, 0.5) is 0 Å². The normalized spacial score (nSPS) is 45.6. The Balaban J connectivity index is 1.45. The standard InChI is InChI=1S/C24H34N2O/c1-17-10-20(8-9-25-17)26-21(27)24-13-18-11-22(2,15-24)14-23(12-18,16-24)19-6-4-3-5-7-19/h3-7,17-18,20,25H,8-16H2,1-2H3,(H,26,27)/t17-,18+,20-,22?,23?,24?/m0/s1. The van der Waals surface area contributed by atoms with Gasteiger partial charge < -0.3 is 10.6 Å². The molecule has 3 nitrogen and oxygen atoms in total. The van der Waals surface area contributed by atoms with Crippen molar-refractivity contribution in [3.05, 3.63) is 35.9 Å². The first-order chi connectivity index (χ1) is 12.9. The van der Waals surface area contributed by atoms with Gasteiger partial charge in [-0.1, -0.05) is 37.3 Å². The summed E-state index contributed by atoms with van der Waals surface area (Å²) in [6.07, 6.45) is 9.26. The fourth-order valence-corrected chi connectivity index (χ4v) is 7.89. The van der Waals surface area contributed by atoms with Gasteiger partial charge in [-0.15, -0.1) is 0 Å². The van der Waals surface area contributed by atoms with Crippen molar-refractivity contribution >= 4 is 5.91 Å². The molecule has 1 aromatic carbocycles. The molecule has 1 amide bonds. The third kappa shape index (κ3) is 2.93. The van der Waals surface area contributed by atoms with Gasteiger partial charge in [0.25, 0.3) is 0 Å². The van der Waals surface area contributed by atoms with Gasteiger partial charge in [-0.3, -0.25) is 4.79 Å². The molecular formula is C24H34N2O. The topological polar surface area (TPSA) is 41.1 Å². The van der Waals surface area contributed by atoms with Gasteiger partial charge in [0.2, 0.25) is 5.91 Å². The van der Waals surface area contributed by atoms with Gasteiger partial charge in [0.15, 0.2) is 0 Å². The molecule has 1 aromatic rings. The zero-order valence-corrected chi connectivity index (χ0v) is 16.9. The van der Waals surface area contributed by atoms with Crippen LogP contribution in [0.25, 0.3) is 0 Å². The molecule has 4 aliphatic carbocycles. The third-order valence-corrected chi connectivity index (χ3v) is 8.17. The minimum atomic E-state index is -0.141. The van der Waals surface area contributed by atoms with Gasteiger partial charge in [-0.2, -0.15) is 0 Å². The molecule has 4 saturated carbocycles. The molecule has 3 heteroatoms. The average Bonchev–Trinajstić information content (AvgIpc) is 2.60. The van der Waals surface area contributed by atoms with Crippen LogP contribution in [0.2, 0.25) is 0 Å². The highest BCUT2D eigenvalue weighted by molar-refractivity contribution is 5.84. The van der Waals surface area contributed by atoms with Crippen LogP contribution in [-0.2, 0) is 10.2 Å². The summed E-state index contributed by atoms with van der Waals surface area (Å²) in [7, 11) is 0. The Labute approximate surface area is 163 Å². The lowest BCUT2D eigenvalue weighted by Crippen LogP contribution is -2.63. The van der Waals surface area contributed by atoms with Crippen LogP contribution in [0.15, 0.2) is 30.3 Å². The van der Waals surface area contributed by atoms with E-state index in [9.17, 15) is 4.79 Å². The molecule has 5 fully saturated rings. The third-order valence-electron chi connectivity index (χ3n) is 8.17. The molecular weight excluding hydrogens is 332 g/mol. The molecule has 0 radical (unpaired) electrons. The number of hydrogen-bond acceptors (Lipinski definition) is 2. The minimum Gasteiger partial charge on any atom is -0.353 e. The molecule has 4 bridgehead atoms. The Morgan fingerprint density at radius 1 is 1.11 bits per heavy atom. The van der Waals surface area contributed by atoms with Crippen molar-refractivity contribution in [1.29, 1.82) is 0 Å². The highest BCUT2D eigenvalue weighted by atomic mass is 16.2. The van der Waals surface area contributed by atoms with E-state index in [0.29, 0.717) is 29.3 Å². The van der Waals surface area contributed by atoms with Crippen molar-refractivity contribution in [3.63, 3.8) is 0 Å². The number of rotatable bonds is 3. The lowest BCUT2D eigenvalue weighted by atomic mass is 9.38. The molecule has 3 unspecified atom stereocenters. The quantitative estimate of drug-likeness (QED) is 0.843. The van der Waals surface area contributed by atoms with E-state index in [0.717, 1.165) is 38.6 Å². The zero-order valence-electron chi connectivity index (χ0n) is 16.9. The fraction of sp³-hybridized carbons (Fsp3) is 0.708. The van der Waals surface area contributed by atoms with E-state index < -0.39 is 0 Å². The Bertz CT molecular complexity index is 733. The SMILES string of the molecule is C[C@H]1C[C@@H](NC(=O)C23C[C@@H]4CC(C)(C2)CC(c2ccccc2)(C4)C3)CCN1. The fourth-order valence-electron chi connectivity index (χ4n) is 7.89. The smallest absolute Gasteiger partial charge is 0.226 e. The molecule has 1 aliphatic heterocycles. The summed E-state index contributed by atoms with van der Waals surface area (Å²) in [4.78, 5) is 13.7. The molecule has 27 heavy (non-hydrogen) atoms. The largest absolute Gasteiger partial charge is 0.353 e. The van der Waals surface area contributed by atoms with E-state index in [1.165, 1.54) is 24.8 Å². The van der Waals surface area contributed by atoms with Gasteiger partial charge in [0, 0.05) is 12.1 Å². The highest BCUT2D eigenvalue weighted by Gasteiger charge is 2.64. The summed E-state index contributed by atoms with van der Waals surface area (Å²) in [5, 5.41) is 7.02. The van der Waals surface area contributed by atoms with Crippen LogP contribution >= 0.6 is 0 Å². The highest BCUT2D eigenvalue weighted by Crippen LogP contribution is 2.70. The maximum Gasteiger partial charge on any atom is 0.226 e. The van der Waals surface area contributed by atoms with E-state index in [4.69, 9.17) is 0 Å². The maximum absolute atomic E-state index is 13.7. The van der Waals surface area contributed by atoms with Crippen LogP contribution in [-0.4, -0.2) is 24.5 Å². The Morgan fingerprint density at radius 2 is 1.93 bits per heavy atom. The average molecular weight is 367 g/mol. The first-order valence-corrected chi connectivity index (χ1v) is 11.0. The monoisotopic (exact) mass is 366 g/mol. The molecule has 1 heterocycles. The van der Waals surface area contributed by atoms with Crippen LogP contribution in [0.1, 0.15) is 70.8 Å². The van der Waals surface area contributed by atoms with Crippen molar-refractivity contribution < 1.29 is 4.79 Å². The predicted octanol–water partition coefficient (Wildman–Crippen LogP) is 4.17. The number of amides is 1. The zero-order chi connectivity index (χ0) is 18.7. The second-order valence-electron chi connectivity index (χ2n) is 10.8. The van der Waals surface area contributed by atoms with Crippen molar-refractivity contribution in [2.45, 2.75) is 82.7 Å². The van der Waals surface area contributed by atoms with E-state index in [1.807, 2.05) is 0 Å². The number of carbonyl (C=O) groups excluding carboxylic acids is 1. The molecule has 5 aliphatic rings. The molecule has 6 atom stereocenters. The van der Waals surface area contributed by atoms with E-state index >= 15 is 0 Å². The summed E-state index contributed by atoms with van der Waals surface area (Å²) >= 11 is 0. The lowest BCUT2D eigenvalue weighted by molar-refractivity contribution is -0.161. The lowest BCUT2D eigenvalue weighted by Gasteiger charge is -2.65. The Kier molecular flexibility index (Phi) is 3.99. The van der Waals surface area contributed by atoms with Gasteiger partial charge >= 0.3 is 0 Å². The molecule has 0 spiro atoms. The van der Waals surface area contributed by atoms with Gasteiger partial charge in [-0.25, -0.2) is 0 Å². The Morgan fingerprint density at radius 3 is 2.67 bits per heavy atom. The van der Waals surface area contributed by atoms with E-state index in [2.05, 4.69) is 54.8 Å². The number of piperidine rings is 1. The summed E-state index contributed by atoms with van der Waals surface area (Å²) in [5.41, 5.74) is 1.88. The molecule has 1 saturated heterocycles. The maximum atomic E-state index is 13.7. The summed E-state index contributed by atoms with van der Waals surface area (Å²) in [6, 6.07) is 12.0. The van der Waals surface area contributed by atoms with Crippen LogP contribution in [0, 0.1) is 16.7 Å². The van der Waals surface area contributed by atoms with E-state index in [1.54, 1.807) is 0 Å². The number of hydrogen-bond donors (Lipinski definition) is 2. The van der Waals surface area contributed by atoms with E-state index in [-0.39, 0.29) is 10.8 Å². The van der Waals surface area contributed by atoms with Crippen molar-refractivity contribution in [2.75, 3.05) is 6.54 Å². The Hall–Kier alpha value is -1.35. The summed E-state index contributed by atoms with van der Waals surface area (Å²) < 4.78 is 0.